The second kappa shape index (κ2) is 4.74. The zero-order valence-corrected chi connectivity index (χ0v) is 11.5. The maximum atomic E-state index is 6.22. The van der Waals surface area contributed by atoms with Crippen molar-refractivity contribution in [1.29, 1.82) is 0 Å². The van der Waals surface area contributed by atoms with E-state index in [9.17, 15) is 0 Å². The Kier molecular flexibility index (Phi) is 3.07. The van der Waals surface area contributed by atoms with Crippen LogP contribution < -0.4 is 10.5 Å². The van der Waals surface area contributed by atoms with E-state index in [4.69, 9.17) is 10.5 Å². The summed E-state index contributed by atoms with van der Waals surface area (Å²) in [5.41, 5.74) is 11.4. The maximum Gasteiger partial charge on any atom is 0.119 e. The number of rotatable bonds is 2. The van der Waals surface area contributed by atoms with Crippen LogP contribution in [0.3, 0.4) is 0 Å². The molecule has 2 N–H and O–H groups in total. The first-order valence-corrected chi connectivity index (χ1v) is 6.82. The molecule has 1 aliphatic rings. The van der Waals surface area contributed by atoms with Crippen LogP contribution in [0, 0.1) is 6.92 Å². The lowest BCUT2D eigenvalue weighted by Gasteiger charge is -2.21. The van der Waals surface area contributed by atoms with Crippen molar-refractivity contribution in [1.82, 2.24) is 4.57 Å². The normalized spacial score (nSPS) is 18.2. The van der Waals surface area contributed by atoms with Crippen LogP contribution in [0.4, 0.5) is 0 Å². The fraction of sp³-hybridized carbons (Fsp3) is 0.375. The van der Waals surface area contributed by atoms with Crippen molar-refractivity contribution in [3.8, 4) is 11.4 Å². The Hall–Kier alpha value is -1.74. The van der Waals surface area contributed by atoms with Gasteiger partial charge in [0.2, 0.25) is 0 Å². The third kappa shape index (κ3) is 2.04. The Balaban J connectivity index is 2.09. The second-order valence-electron chi connectivity index (χ2n) is 5.22. The van der Waals surface area contributed by atoms with Gasteiger partial charge >= 0.3 is 0 Å². The third-order valence-electron chi connectivity index (χ3n) is 3.98. The molecule has 0 saturated carbocycles. The molecule has 0 spiro atoms. The smallest absolute Gasteiger partial charge is 0.119 e. The molecule has 0 amide bonds. The van der Waals surface area contributed by atoms with E-state index in [0.29, 0.717) is 0 Å². The number of nitrogens with zero attached hydrogens (tertiary/aromatic N) is 1. The molecular weight excluding hydrogens is 236 g/mol. The molecule has 1 aliphatic carbocycles. The van der Waals surface area contributed by atoms with Gasteiger partial charge in [0.25, 0.3) is 0 Å². The van der Waals surface area contributed by atoms with Crippen molar-refractivity contribution in [2.24, 2.45) is 5.73 Å². The number of aryl methyl sites for hydroxylation is 1. The molecule has 1 unspecified atom stereocenters. The first-order chi connectivity index (χ1) is 9.20. The maximum absolute atomic E-state index is 6.22. The van der Waals surface area contributed by atoms with Crippen LogP contribution in [0.1, 0.15) is 35.8 Å². The molecule has 1 aromatic heterocycles. The molecule has 1 atom stereocenters. The van der Waals surface area contributed by atoms with Gasteiger partial charge in [-0.1, -0.05) is 0 Å². The molecular formula is C16H20N2O. The first kappa shape index (κ1) is 12.3. The van der Waals surface area contributed by atoms with Crippen molar-refractivity contribution >= 4 is 0 Å². The Morgan fingerprint density at radius 2 is 2.00 bits per heavy atom. The summed E-state index contributed by atoms with van der Waals surface area (Å²) in [5.74, 6) is 0.888. The lowest BCUT2D eigenvalue weighted by atomic mass is 9.93. The third-order valence-corrected chi connectivity index (χ3v) is 3.98. The van der Waals surface area contributed by atoms with Crippen LogP contribution >= 0.6 is 0 Å². The van der Waals surface area contributed by atoms with Gasteiger partial charge in [-0.2, -0.15) is 0 Å². The molecule has 3 rings (SSSR count). The van der Waals surface area contributed by atoms with Gasteiger partial charge in [0.15, 0.2) is 0 Å². The molecule has 0 bridgehead atoms. The molecule has 1 heterocycles. The van der Waals surface area contributed by atoms with Gasteiger partial charge in [0.1, 0.15) is 5.75 Å². The molecule has 0 saturated heterocycles. The quantitative estimate of drug-likeness (QED) is 0.896. The molecule has 100 valence electrons. The van der Waals surface area contributed by atoms with Crippen molar-refractivity contribution in [3.05, 3.63) is 47.3 Å². The largest absolute Gasteiger partial charge is 0.497 e. The molecule has 19 heavy (non-hydrogen) atoms. The number of benzene rings is 1. The summed E-state index contributed by atoms with van der Waals surface area (Å²) in [6.07, 6.45) is 3.38. The molecule has 3 nitrogen and oxygen atoms in total. The van der Waals surface area contributed by atoms with Crippen molar-refractivity contribution in [3.63, 3.8) is 0 Å². The van der Waals surface area contributed by atoms with Crippen LogP contribution in [0.25, 0.3) is 5.69 Å². The average molecular weight is 256 g/mol. The summed E-state index contributed by atoms with van der Waals surface area (Å²) in [6, 6.07) is 10.7. The summed E-state index contributed by atoms with van der Waals surface area (Å²) in [5, 5.41) is 0. The van der Waals surface area contributed by atoms with E-state index in [1.807, 2.05) is 12.1 Å². The summed E-state index contributed by atoms with van der Waals surface area (Å²) >= 11 is 0. The highest BCUT2D eigenvalue weighted by Gasteiger charge is 2.22. The topological polar surface area (TPSA) is 40.2 Å². The molecule has 1 aromatic carbocycles. The highest BCUT2D eigenvalue weighted by Crippen LogP contribution is 2.33. The van der Waals surface area contributed by atoms with E-state index >= 15 is 0 Å². The first-order valence-electron chi connectivity index (χ1n) is 6.82. The summed E-state index contributed by atoms with van der Waals surface area (Å²) in [7, 11) is 1.69. The van der Waals surface area contributed by atoms with Crippen molar-refractivity contribution < 1.29 is 4.74 Å². The molecule has 3 heteroatoms. The predicted octanol–water partition coefficient (Wildman–Crippen LogP) is 3.13. The number of hydrogen-bond donors (Lipinski definition) is 1. The SMILES string of the molecule is COc1ccc(-n2c(C)cc3c2CCCC3N)cc1. The zero-order valence-electron chi connectivity index (χ0n) is 11.5. The van der Waals surface area contributed by atoms with Crippen LogP contribution in [0.5, 0.6) is 5.75 Å². The number of ether oxygens (including phenoxy) is 1. The zero-order chi connectivity index (χ0) is 13.4. The van der Waals surface area contributed by atoms with E-state index < -0.39 is 0 Å². The van der Waals surface area contributed by atoms with Crippen molar-refractivity contribution in [2.45, 2.75) is 32.2 Å². The van der Waals surface area contributed by atoms with Gasteiger partial charge < -0.3 is 15.0 Å². The Labute approximate surface area is 114 Å². The fourth-order valence-electron chi connectivity index (χ4n) is 3.03. The molecule has 0 fully saturated rings. The van der Waals surface area contributed by atoms with Crippen LogP contribution in [0.2, 0.25) is 0 Å². The summed E-state index contributed by atoms with van der Waals surface area (Å²) in [4.78, 5) is 0. The van der Waals surface area contributed by atoms with Gasteiger partial charge in [0.05, 0.1) is 7.11 Å². The standard InChI is InChI=1S/C16H20N2O/c1-11-10-14-15(17)4-3-5-16(14)18(11)12-6-8-13(19-2)9-7-12/h6-10,15H,3-5,17H2,1-2H3. The minimum atomic E-state index is 0.196. The van der Waals surface area contributed by atoms with Gasteiger partial charge in [-0.05, 0) is 62.1 Å². The highest BCUT2D eigenvalue weighted by atomic mass is 16.5. The second-order valence-corrected chi connectivity index (χ2v) is 5.22. The van der Waals surface area contributed by atoms with Crippen LogP contribution in [0.15, 0.2) is 30.3 Å². The minimum Gasteiger partial charge on any atom is -0.497 e. The summed E-state index contributed by atoms with van der Waals surface area (Å²) < 4.78 is 7.54. The fourth-order valence-corrected chi connectivity index (χ4v) is 3.03. The Morgan fingerprint density at radius 3 is 2.68 bits per heavy atom. The number of nitrogens with two attached hydrogens (primary N) is 1. The minimum absolute atomic E-state index is 0.196. The van der Waals surface area contributed by atoms with E-state index in [2.05, 4.69) is 29.7 Å². The number of methoxy groups -OCH3 is 1. The van der Waals surface area contributed by atoms with Crippen LogP contribution in [-0.4, -0.2) is 11.7 Å². The van der Waals surface area contributed by atoms with Gasteiger partial charge in [-0.3, -0.25) is 0 Å². The van der Waals surface area contributed by atoms with E-state index in [1.54, 1.807) is 7.11 Å². The van der Waals surface area contributed by atoms with Crippen LogP contribution in [-0.2, 0) is 6.42 Å². The monoisotopic (exact) mass is 256 g/mol. The Morgan fingerprint density at radius 1 is 1.26 bits per heavy atom. The van der Waals surface area contributed by atoms with Gasteiger partial charge in [-0.25, -0.2) is 0 Å². The Bertz CT molecular complexity index is 584. The van der Waals surface area contributed by atoms with E-state index in [1.165, 1.54) is 29.1 Å². The van der Waals surface area contributed by atoms with Gasteiger partial charge in [0, 0.05) is 23.1 Å². The predicted molar refractivity (Wildman–Crippen MR) is 76.9 cm³/mol. The van der Waals surface area contributed by atoms with Gasteiger partial charge in [-0.15, -0.1) is 0 Å². The van der Waals surface area contributed by atoms with E-state index in [-0.39, 0.29) is 6.04 Å². The number of aromatic nitrogens is 1. The van der Waals surface area contributed by atoms with E-state index in [0.717, 1.165) is 18.6 Å². The highest BCUT2D eigenvalue weighted by molar-refractivity contribution is 5.45. The molecule has 2 aromatic rings. The average Bonchev–Trinajstić information content (AvgIpc) is 2.77. The molecule has 0 radical (unpaired) electrons. The molecule has 0 aliphatic heterocycles. The lowest BCUT2D eigenvalue weighted by molar-refractivity contribution is 0.414. The summed E-state index contributed by atoms with van der Waals surface area (Å²) in [6.45, 7) is 2.15. The lowest BCUT2D eigenvalue weighted by Crippen LogP contribution is -2.17. The number of fused-ring (bicyclic) bond motifs is 1. The number of hydrogen-bond acceptors (Lipinski definition) is 2. The van der Waals surface area contributed by atoms with Crippen molar-refractivity contribution in [2.75, 3.05) is 7.11 Å².